The first kappa shape index (κ1) is 19.0. The molecule has 5 N–H and O–H groups in total. The number of rotatable bonds is 5. The number of nitrogens with two attached hydrogens (primary N) is 1. The van der Waals surface area contributed by atoms with E-state index < -0.39 is 36.1 Å². The fraction of sp³-hybridized carbons (Fsp3) is 0.733. The highest BCUT2D eigenvalue weighted by Crippen LogP contribution is 2.24. The van der Waals surface area contributed by atoms with E-state index in [1.165, 1.54) is 11.8 Å². The molecular formula is C15H24N4O6. The topological polar surface area (TPSA) is 153 Å². The van der Waals surface area contributed by atoms with Crippen LogP contribution in [0.15, 0.2) is 0 Å². The molecular weight excluding hydrogens is 332 g/mol. The van der Waals surface area contributed by atoms with E-state index in [4.69, 9.17) is 10.8 Å². The molecule has 0 aromatic rings. The van der Waals surface area contributed by atoms with Crippen LogP contribution in [0.4, 0.5) is 4.79 Å². The van der Waals surface area contributed by atoms with Gasteiger partial charge in [-0.2, -0.15) is 0 Å². The molecule has 2 fully saturated rings. The van der Waals surface area contributed by atoms with Crippen molar-refractivity contribution in [2.75, 3.05) is 19.6 Å². The summed E-state index contributed by atoms with van der Waals surface area (Å²) in [6, 6.07) is -1.51. The average Bonchev–Trinajstić information content (AvgIpc) is 3.22. The van der Waals surface area contributed by atoms with Gasteiger partial charge < -0.3 is 26.2 Å². The van der Waals surface area contributed by atoms with E-state index in [1.54, 1.807) is 0 Å². The minimum Gasteiger partial charge on any atom is -0.465 e. The van der Waals surface area contributed by atoms with Crippen molar-refractivity contribution in [1.29, 1.82) is 0 Å². The predicted octanol–water partition coefficient (Wildman–Crippen LogP) is -1.67. The number of carboxylic acid groups (broad SMARTS) is 1. The summed E-state index contributed by atoms with van der Waals surface area (Å²) in [7, 11) is 0. The minimum atomic E-state index is -1.48. The molecule has 0 spiro atoms. The zero-order valence-corrected chi connectivity index (χ0v) is 14.1. The molecule has 2 aliphatic heterocycles. The van der Waals surface area contributed by atoms with Gasteiger partial charge in [0.25, 0.3) is 0 Å². The number of hydrogen-bond acceptors (Lipinski definition) is 5. The molecule has 4 amide bonds. The number of nitrogens with zero attached hydrogens (tertiary/aromatic N) is 2. The summed E-state index contributed by atoms with van der Waals surface area (Å²) >= 11 is 0. The molecule has 0 radical (unpaired) electrons. The van der Waals surface area contributed by atoms with Crippen LogP contribution in [-0.4, -0.2) is 81.6 Å². The molecule has 4 atom stereocenters. The Balaban J connectivity index is 1.90. The van der Waals surface area contributed by atoms with Crippen molar-refractivity contribution in [2.45, 2.75) is 44.4 Å². The molecule has 2 rings (SSSR count). The Labute approximate surface area is 144 Å². The minimum absolute atomic E-state index is 0.189. The van der Waals surface area contributed by atoms with Crippen LogP contribution >= 0.6 is 0 Å². The SMILES string of the molecule is C[C@H](NC(=O)[C@@H]1CCN(C(=O)[C@H]2CCCN2C(=O)O)C1)[C@@H](O)C(N)=O. The molecule has 0 saturated carbocycles. The first-order chi connectivity index (χ1) is 11.7. The maximum atomic E-state index is 12.5. The largest absolute Gasteiger partial charge is 0.465 e. The maximum absolute atomic E-state index is 12.5. The number of aliphatic hydroxyl groups excluding tert-OH is 1. The van der Waals surface area contributed by atoms with E-state index in [2.05, 4.69) is 5.32 Å². The van der Waals surface area contributed by atoms with Crippen LogP contribution in [0.25, 0.3) is 0 Å². The van der Waals surface area contributed by atoms with Gasteiger partial charge in [-0.1, -0.05) is 0 Å². The number of primary amides is 1. The van der Waals surface area contributed by atoms with Gasteiger partial charge in [-0.25, -0.2) is 4.79 Å². The molecule has 2 heterocycles. The summed E-state index contributed by atoms with van der Waals surface area (Å²) in [4.78, 5) is 49.5. The van der Waals surface area contributed by atoms with Crippen molar-refractivity contribution in [3.8, 4) is 0 Å². The molecule has 0 aromatic heterocycles. The normalized spacial score (nSPS) is 25.5. The van der Waals surface area contributed by atoms with Crippen molar-refractivity contribution in [3.63, 3.8) is 0 Å². The number of carbonyl (C=O) groups is 4. The quantitative estimate of drug-likeness (QED) is 0.462. The first-order valence-electron chi connectivity index (χ1n) is 8.28. The van der Waals surface area contributed by atoms with Gasteiger partial charge in [-0.15, -0.1) is 0 Å². The summed E-state index contributed by atoms with van der Waals surface area (Å²) < 4.78 is 0. The van der Waals surface area contributed by atoms with Gasteiger partial charge in [0.15, 0.2) is 6.10 Å². The summed E-state index contributed by atoms with van der Waals surface area (Å²) in [6.07, 6.45) is -1.02. The van der Waals surface area contributed by atoms with E-state index in [-0.39, 0.29) is 18.4 Å². The van der Waals surface area contributed by atoms with Crippen LogP contribution in [0.2, 0.25) is 0 Å². The van der Waals surface area contributed by atoms with E-state index in [9.17, 15) is 24.3 Å². The van der Waals surface area contributed by atoms with Crippen molar-refractivity contribution in [3.05, 3.63) is 0 Å². The molecule has 0 aliphatic carbocycles. The molecule has 2 aliphatic rings. The monoisotopic (exact) mass is 356 g/mol. The van der Waals surface area contributed by atoms with Gasteiger partial charge in [0.1, 0.15) is 6.04 Å². The zero-order chi connectivity index (χ0) is 18.7. The van der Waals surface area contributed by atoms with Gasteiger partial charge in [0.05, 0.1) is 12.0 Å². The van der Waals surface area contributed by atoms with E-state index in [0.29, 0.717) is 32.4 Å². The number of carbonyl (C=O) groups excluding carboxylic acids is 3. The summed E-state index contributed by atoms with van der Waals surface area (Å²) in [5.41, 5.74) is 4.99. The molecule has 0 aromatic carbocycles. The Morgan fingerprint density at radius 2 is 1.88 bits per heavy atom. The lowest BCUT2D eigenvalue weighted by molar-refractivity contribution is -0.134. The van der Waals surface area contributed by atoms with E-state index >= 15 is 0 Å². The second-order valence-corrected chi connectivity index (χ2v) is 6.55. The Bertz CT molecular complexity index is 568. The van der Waals surface area contributed by atoms with Crippen molar-refractivity contribution in [2.24, 2.45) is 11.7 Å². The average molecular weight is 356 g/mol. The Kier molecular flexibility index (Phi) is 5.83. The standard InChI is InChI=1S/C15H24N4O6/c1-8(11(20)12(16)21)17-13(22)9-4-6-18(7-9)14(23)10-3-2-5-19(10)15(24)25/h8-11,20H,2-7H2,1H3,(H2,16,21)(H,17,22)(H,24,25)/t8-,9+,10+,11+/m0/s1. The molecule has 10 nitrogen and oxygen atoms in total. The third kappa shape index (κ3) is 4.19. The maximum Gasteiger partial charge on any atom is 0.407 e. The second kappa shape index (κ2) is 7.68. The third-order valence-corrected chi connectivity index (χ3v) is 4.79. The molecule has 140 valence electrons. The third-order valence-electron chi connectivity index (χ3n) is 4.79. The summed E-state index contributed by atoms with van der Waals surface area (Å²) in [5.74, 6) is -2.04. The summed E-state index contributed by atoms with van der Waals surface area (Å²) in [5, 5.41) is 21.2. The lowest BCUT2D eigenvalue weighted by Crippen LogP contribution is -2.50. The van der Waals surface area contributed by atoms with Crippen molar-refractivity contribution in [1.82, 2.24) is 15.1 Å². The van der Waals surface area contributed by atoms with Crippen LogP contribution < -0.4 is 11.1 Å². The number of amides is 4. The smallest absolute Gasteiger partial charge is 0.407 e. The fourth-order valence-electron chi connectivity index (χ4n) is 3.31. The number of nitrogens with one attached hydrogen (secondary N) is 1. The lowest BCUT2D eigenvalue weighted by Gasteiger charge is -2.26. The highest BCUT2D eigenvalue weighted by atomic mass is 16.4. The number of hydrogen-bond donors (Lipinski definition) is 4. The van der Waals surface area contributed by atoms with Gasteiger partial charge in [0, 0.05) is 19.6 Å². The van der Waals surface area contributed by atoms with Gasteiger partial charge in [0.2, 0.25) is 17.7 Å². The molecule has 0 unspecified atom stereocenters. The number of aliphatic hydroxyl groups is 1. The fourth-order valence-corrected chi connectivity index (χ4v) is 3.31. The van der Waals surface area contributed by atoms with Crippen LogP contribution in [0, 0.1) is 5.92 Å². The lowest BCUT2D eigenvalue weighted by atomic mass is 10.1. The van der Waals surface area contributed by atoms with E-state index in [1.807, 2.05) is 0 Å². The Hall–Kier alpha value is -2.36. The van der Waals surface area contributed by atoms with Gasteiger partial charge in [-0.3, -0.25) is 19.3 Å². The van der Waals surface area contributed by atoms with Crippen LogP contribution in [0.1, 0.15) is 26.2 Å². The zero-order valence-electron chi connectivity index (χ0n) is 14.1. The van der Waals surface area contributed by atoms with Gasteiger partial charge in [-0.05, 0) is 26.2 Å². The van der Waals surface area contributed by atoms with Crippen LogP contribution in [0.3, 0.4) is 0 Å². The summed E-state index contributed by atoms with van der Waals surface area (Å²) in [6.45, 7) is 2.36. The molecule has 10 heteroatoms. The highest BCUT2D eigenvalue weighted by Gasteiger charge is 2.40. The first-order valence-corrected chi connectivity index (χ1v) is 8.28. The Morgan fingerprint density at radius 1 is 1.20 bits per heavy atom. The molecule has 25 heavy (non-hydrogen) atoms. The number of likely N-dealkylation sites (tertiary alicyclic amines) is 2. The van der Waals surface area contributed by atoms with E-state index in [0.717, 1.165) is 4.90 Å². The predicted molar refractivity (Wildman–Crippen MR) is 85.2 cm³/mol. The molecule has 0 bridgehead atoms. The van der Waals surface area contributed by atoms with Crippen LogP contribution in [-0.2, 0) is 14.4 Å². The van der Waals surface area contributed by atoms with Crippen LogP contribution in [0.5, 0.6) is 0 Å². The Morgan fingerprint density at radius 3 is 2.48 bits per heavy atom. The van der Waals surface area contributed by atoms with Gasteiger partial charge >= 0.3 is 6.09 Å². The highest BCUT2D eigenvalue weighted by molar-refractivity contribution is 5.88. The second-order valence-electron chi connectivity index (χ2n) is 6.55. The molecule has 2 saturated heterocycles. The van der Waals surface area contributed by atoms with Crippen molar-refractivity contribution >= 4 is 23.8 Å². The van der Waals surface area contributed by atoms with Crippen molar-refractivity contribution < 1.29 is 29.4 Å².